The van der Waals surface area contributed by atoms with E-state index < -0.39 is 0 Å². The predicted octanol–water partition coefficient (Wildman–Crippen LogP) is 3.04. The number of nitrogens with one attached hydrogen (secondary N) is 1. The van der Waals surface area contributed by atoms with Gasteiger partial charge in [-0.05, 0) is 31.2 Å². The molecular weight excluding hydrogens is 224 g/mol. The number of hydrogen-bond donors (Lipinski definition) is 1. The minimum absolute atomic E-state index is 0.538. The molecule has 0 radical (unpaired) electrons. The Morgan fingerprint density at radius 1 is 1.28 bits per heavy atom. The van der Waals surface area contributed by atoms with Crippen LogP contribution in [0, 0.1) is 0 Å². The predicted molar refractivity (Wildman–Crippen MR) is 76.2 cm³/mol. The summed E-state index contributed by atoms with van der Waals surface area (Å²) in [5.74, 6) is 0.947. The van der Waals surface area contributed by atoms with Gasteiger partial charge in [0, 0.05) is 36.2 Å². The summed E-state index contributed by atoms with van der Waals surface area (Å²) in [7, 11) is 0. The van der Waals surface area contributed by atoms with Gasteiger partial charge in [-0.1, -0.05) is 13.8 Å². The first-order chi connectivity index (χ1) is 8.70. The zero-order chi connectivity index (χ0) is 13.0. The van der Waals surface area contributed by atoms with Crippen LogP contribution in [0.15, 0.2) is 30.5 Å². The second-order valence-corrected chi connectivity index (χ2v) is 4.77. The van der Waals surface area contributed by atoms with Crippen LogP contribution >= 0.6 is 0 Å². The Morgan fingerprint density at radius 2 is 2.11 bits per heavy atom. The fourth-order valence-corrected chi connectivity index (χ4v) is 2.10. The number of benzene rings is 1. The van der Waals surface area contributed by atoms with Gasteiger partial charge in [0.15, 0.2) is 0 Å². The van der Waals surface area contributed by atoms with Crippen molar-refractivity contribution >= 4 is 10.9 Å². The molecular formula is C15H22N2O. The first-order valence-corrected chi connectivity index (χ1v) is 6.65. The van der Waals surface area contributed by atoms with Gasteiger partial charge in [0.2, 0.25) is 0 Å². The monoisotopic (exact) mass is 246 g/mol. The number of rotatable bonds is 6. The Hall–Kier alpha value is -1.48. The van der Waals surface area contributed by atoms with E-state index >= 15 is 0 Å². The van der Waals surface area contributed by atoms with Crippen molar-refractivity contribution in [3.8, 4) is 5.75 Å². The molecule has 18 heavy (non-hydrogen) atoms. The van der Waals surface area contributed by atoms with Crippen LogP contribution in [-0.2, 0) is 6.54 Å². The van der Waals surface area contributed by atoms with Crippen LogP contribution in [0.2, 0.25) is 0 Å². The normalized spacial score (nSPS) is 11.3. The van der Waals surface area contributed by atoms with Crippen molar-refractivity contribution < 1.29 is 4.74 Å². The number of aromatic nitrogens is 1. The highest BCUT2D eigenvalue weighted by molar-refractivity contribution is 5.81. The molecule has 0 fully saturated rings. The molecule has 3 heteroatoms. The van der Waals surface area contributed by atoms with Gasteiger partial charge in [-0.3, -0.25) is 0 Å². The minimum Gasteiger partial charge on any atom is -0.494 e. The van der Waals surface area contributed by atoms with Gasteiger partial charge in [-0.2, -0.15) is 0 Å². The fraction of sp³-hybridized carbons (Fsp3) is 0.467. The highest BCUT2D eigenvalue weighted by Gasteiger charge is 2.02. The third kappa shape index (κ3) is 3.05. The number of hydrogen-bond acceptors (Lipinski definition) is 2. The molecule has 0 saturated carbocycles. The third-order valence-corrected chi connectivity index (χ3v) is 2.96. The molecule has 3 nitrogen and oxygen atoms in total. The summed E-state index contributed by atoms with van der Waals surface area (Å²) in [5, 5.41) is 4.68. The smallest absolute Gasteiger partial charge is 0.120 e. The topological polar surface area (TPSA) is 26.2 Å². The molecule has 0 bridgehead atoms. The van der Waals surface area contributed by atoms with Crippen LogP contribution in [-0.4, -0.2) is 23.8 Å². The van der Waals surface area contributed by atoms with Crippen molar-refractivity contribution in [3.05, 3.63) is 30.5 Å². The largest absolute Gasteiger partial charge is 0.494 e. The minimum atomic E-state index is 0.538. The molecule has 0 spiro atoms. The maximum absolute atomic E-state index is 5.51. The summed E-state index contributed by atoms with van der Waals surface area (Å²) < 4.78 is 7.79. The van der Waals surface area contributed by atoms with E-state index in [0.717, 1.165) is 18.8 Å². The van der Waals surface area contributed by atoms with Gasteiger partial charge < -0.3 is 14.6 Å². The van der Waals surface area contributed by atoms with Crippen molar-refractivity contribution in [3.63, 3.8) is 0 Å². The third-order valence-electron chi connectivity index (χ3n) is 2.96. The maximum atomic E-state index is 5.51. The van der Waals surface area contributed by atoms with Crippen molar-refractivity contribution in [2.75, 3.05) is 13.2 Å². The molecule has 2 aromatic rings. The summed E-state index contributed by atoms with van der Waals surface area (Å²) in [4.78, 5) is 0. The summed E-state index contributed by atoms with van der Waals surface area (Å²) in [6, 6.07) is 8.96. The second kappa shape index (κ2) is 5.91. The van der Waals surface area contributed by atoms with E-state index in [4.69, 9.17) is 4.74 Å². The van der Waals surface area contributed by atoms with Crippen LogP contribution in [0.5, 0.6) is 5.75 Å². The van der Waals surface area contributed by atoms with E-state index in [-0.39, 0.29) is 0 Å². The molecule has 1 aromatic heterocycles. The molecule has 0 amide bonds. The first-order valence-electron chi connectivity index (χ1n) is 6.65. The quantitative estimate of drug-likeness (QED) is 0.848. The summed E-state index contributed by atoms with van der Waals surface area (Å²) in [6.45, 7) is 9.05. The second-order valence-electron chi connectivity index (χ2n) is 4.77. The number of ether oxygens (including phenoxy) is 1. The van der Waals surface area contributed by atoms with E-state index in [2.05, 4.69) is 48.1 Å². The Morgan fingerprint density at radius 3 is 2.83 bits per heavy atom. The molecule has 0 unspecified atom stereocenters. The Balaban J connectivity index is 2.10. The fourth-order valence-electron chi connectivity index (χ4n) is 2.10. The van der Waals surface area contributed by atoms with Gasteiger partial charge in [-0.15, -0.1) is 0 Å². The van der Waals surface area contributed by atoms with Crippen molar-refractivity contribution in [2.45, 2.75) is 33.4 Å². The molecule has 1 aromatic carbocycles. The highest BCUT2D eigenvalue weighted by Crippen LogP contribution is 2.21. The van der Waals surface area contributed by atoms with E-state index in [1.54, 1.807) is 0 Å². The Kier molecular flexibility index (Phi) is 4.26. The lowest BCUT2D eigenvalue weighted by molar-refractivity contribution is 0.340. The number of nitrogens with zero attached hydrogens (tertiary/aromatic N) is 1. The maximum Gasteiger partial charge on any atom is 0.120 e. The summed E-state index contributed by atoms with van der Waals surface area (Å²) in [6.07, 6.45) is 2.14. The lowest BCUT2D eigenvalue weighted by atomic mass is 10.2. The standard InChI is InChI=1S/C15H22N2O/c1-4-18-14-5-6-15-13(11-14)7-9-17(15)10-8-16-12(2)3/h5-7,9,11-12,16H,4,8,10H2,1-3H3. The lowest BCUT2D eigenvalue weighted by Gasteiger charge is -2.10. The molecule has 1 heterocycles. The zero-order valence-electron chi connectivity index (χ0n) is 11.4. The molecule has 0 aliphatic rings. The molecule has 0 saturated heterocycles. The van der Waals surface area contributed by atoms with Crippen molar-refractivity contribution in [2.24, 2.45) is 0 Å². The van der Waals surface area contributed by atoms with E-state index in [9.17, 15) is 0 Å². The van der Waals surface area contributed by atoms with Gasteiger partial charge >= 0.3 is 0 Å². The van der Waals surface area contributed by atoms with Gasteiger partial charge in [-0.25, -0.2) is 0 Å². The average molecular weight is 246 g/mol. The van der Waals surface area contributed by atoms with Crippen LogP contribution in [0.25, 0.3) is 10.9 Å². The molecule has 2 rings (SSSR count). The van der Waals surface area contributed by atoms with E-state index in [1.165, 1.54) is 10.9 Å². The van der Waals surface area contributed by atoms with Crippen LogP contribution < -0.4 is 10.1 Å². The van der Waals surface area contributed by atoms with E-state index in [0.29, 0.717) is 12.6 Å². The van der Waals surface area contributed by atoms with E-state index in [1.807, 2.05) is 13.0 Å². The summed E-state index contributed by atoms with van der Waals surface area (Å²) >= 11 is 0. The average Bonchev–Trinajstić information content (AvgIpc) is 2.72. The van der Waals surface area contributed by atoms with Crippen molar-refractivity contribution in [1.82, 2.24) is 9.88 Å². The summed E-state index contributed by atoms with van der Waals surface area (Å²) in [5.41, 5.74) is 1.27. The van der Waals surface area contributed by atoms with Gasteiger partial charge in [0.1, 0.15) is 5.75 Å². The van der Waals surface area contributed by atoms with Gasteiger partial charge in [0.25, 0.3) is 0 Å². The highest BCUT2D eigenvalue weighted by atomic mass is 16.5. The SMILES string of the molecule is CCOc1ccc2c(ccn2CCNC(C)C)c1. The number of fused-ring (bicyclic) bond motifs is 1. The molecule has 0 aliphatic carbocycles. The Labute approximate surface area is 109 Å². The molecule has 1 N–H and O–H groups in total. The first kappa shape index (κ1) is 13.0. The zero-order valence-corrected chi connectivity index (χ0v) is 11.4. The van der Waals surface area contributed by atoms with Crippen LogP contribution in [0.1, 0.15) is 20.8 Å². The Bertz CT molecular complexity index is 502. The molecule has 98 valence electrons. The van der Waals surface area contributed by atoms with Crippen LogP contribution in [0.4, 0.5) is 0 Å². The van der Waals surface area contributed by atoms with Crippen molar-refractivity contribution in [1.29, 1.82) is 0 Å². The molecule has 0 aliphatic heterocycles. The molecule has 0 atom stereocenters. The van der Waals surface area contributed by atoms with Crippen LogP contribution in [0.3, 0.4) is 0 Å². The van der Waals surface area contributed by atoms with Gasteiger partial charge in [0.05, 0.1) is 6.61 Å². The lowest BCUT2D eigenvalue weighted by Crippen LogP contribution is -2.26.